The topological polar surface area (TPSA) is 3.24 Å². The van der Waals surface area contributed by atoms with E-state index >= 15 is 0 Å². The van der Waals surface area contributed by atoms with Crippen molar-refractivity contribution in [2.24, 2.45) is 0 Å². The van der Waals surface area contributed by atoms with Gasteiger partial charge in [0, 0.05) is 0 Å². The van der Waals surface area contributed by atoms with Crippen molar-refractivity contribution >= 4 is 0 Å². The molecule has 0 spiro atoms. The van der Waals surface area contributed by atoms with E-state index in [1.54, 1.807) is 0 Å². The van der Waals surface area contributed by atoms with Gasteiger partial charge in [-0.25, -0.2) is 0 Å². The number of hydrogen-bond donors (Lipinski definition) is 0. The molecular weight excluding hydrogens is 258 g/mol. The van der Waals surface area contributed by atoms with Crippen LogP contribution in [-0.2, 0) is 21.1 Å². The van der Waals surface area contributed by atoms with Crippen LogP contribution in [0.1, 0.15) is 0 Å². The van der Waals surface area contributed by atoms with Gasteiger partial charge >= 0.3 is 21.1 Å². The van der Waals surface area contributed by atoms with E-state index in [1.807, 2.05) is 19.0 Å². The summed E-state index contributed by atoms with van der Waals surface area (Å²) in [5, 5.41) is 0. The van der Waals surface area contributed by atoms with Gasteiger partial charge in [-0.15, -0.1) is 6.54 Å². The molecular formula is C5H13NW. The molecule has 0 saturated heterocycles. The fourth-order valence-corrected chi connectivity index (χ4v) is 0. The van der Waals surface area contributed by atoms with Gasteiger partial charge in [0.1, 0.15) is 0 Å². The van der Waals surface area contributed by atoms with E-state index in [0.29, 0.717) is 0 Å². The Bertz CT molecular complexity index is 22.0. The summed E-state index contributed by atoms with van der Waals surface area (Å²) in [6, 6.07) is 0. The molecule has 0 amide bonds. The molecule has 0 radical (unpaired) electrons. The number of rotatable bonds is 1. The number of hydrogen-bond acceptors (Lipinski definition) is 1. The quantitative estimate of drug-likeness (QED) is 0.638. The second-order valence-electron chi connectivity index (χ2n) is 1.30. The predicted octanol–water partition coefficient (Wildman–Crippen LogP) is 0.830. The summed E-state index contributed by atoms with van der Waals surface area (Å²) in [6.07, 6.45) is 0. The molecule has 0 aliphatic carbocycles. The van der Waals surface area contributed by atoms with Crippen LogP contribution in [0.15, 0.2) is 0 Å². The molecule has 0 rings (SSSR count). The van der Waals surface area contributed by atoms with Gasteiger partial charge < -0.3 is 19.3 Å². The summed E-state index contributed by atoms with van der Waals surface area (Å²) in [4.78, 5) is 2.01. The SMILES string of the molecule is [CH2-]CN(C)C.[CH3-].[W+2]. The Morgan fingerprint density at radius 3 is 1.57 bits per heavy atom. The Morgan fingerprint density at radius 1 is 1.43 bits per heavy atom. The van der Waals surface area contributed by atoms with E-state index in [0.717, 1.165) is 6.54 Å². The Balaban J connectivity index is -0.0000000800. The molecule has 2 heteroatoms. The van der Waals surface area contributed by atoms with Crippen molar-refractivity contribution in [3.63, 3.8) is 0 Å². The maximum Gasteiger partial charge on any atom is 2.00 e. The van der Waals surface area contributed by atoms with Crippen molar-refractivity contribution in [1.29, 1.82) is 0 Å². The molecule has 1 nitrogen and oxygen atoms in total. The van der Waals surface area contributed by atoms with Crippen LogP contribution in [0, 0.1) is 14.4 Å². The average Bonchev–Trinajstić information content (AvgIpc) is 1.38. The van der Waals surface area contributed by atoms with Crippen LogP contribution in [0.4, 0.5) is 0 Å². The molecule has 0 aliphatic heterocycles. The third kappa shape index (κ3) is 20.5. The minimum Gasteiger partial charge on any atom is -0.358 e. The van der Waals surface area contributed by atoms with Crippen LogP contribution in [-0.4, -0.2) is 25.5 Å². The Kier molecular flexibility index (Phi) is 21.9. The largest absolute Gasteiger partial charge is 2.00 e. The average molecular weight is 271 g/mol. The van der Waals surface area contributed by atoms with Crippen molar-refractivity contribution in [1.82, 2.24) is 4.90 Å². The van der Waals surface area contributed by atoms with Crippen LogP contribution >= 0.6 is 0 Å². The Hall–Kier alpha value is 0.648. The van der Waals surface area contributed by atoms with Gasteiger partial charge in [0.05, 0.1) is 0 Å². The van der Waals surface area contributed by atoms with Gasteiger partial charge in [0.25, 0.3) is 0 Å². The first-order chi connectivity index (χ1) is 2.27. The van der Waals surface area contributed by atoms with E-state index in [-0.39, 0.29) is 28.5 Å². The first-order valence-electron chi connectivity index (χ1n) is 1.71. The maximum atomic E-state index is 3.61. The molecule has 7 heavy (non-hydrogen) atoms. The first kappa shape index (κ1) is 15.6. The molecule has 0 fully saturated rings. The second-order valence-corrected chi connectivity index (χ2v) is 1.30. The molecule has 0 aromatic rings. The van der Waals surface area contributed by atoms with E-state index < -0.39 is 0 Å². The normalized spacial score (nSPS) is 6.86. The molecule has 0 aromatic carbocycles. The van der Waals surface area contributed by atoms with E-state index in [4.69, 9.17) is 0 Å². The zero-order valence-electron chi connectivity index (χ0n) is 5.27. The molecule has 0 bridgehead atoms. The molecule has 0 aliphatic rings. The van der Waals surface area contributed by atoms with Crippen LogP contribution < -0.4 is 0 Å². The Labute approximate surface area is 61.4 Å². The summed E-state index contributed by atoms with van der Waals surface area (Å²) in [7, 11) is 3.99. The minimum atomic E-state index is 0. The maximum absolute atomic E-state index is 3.61. The zero-order valence-corrected chi connectivity index (χ0v) is 8.20. The fourth-order valence-electron chi connectivity index (χ4n) is 0. The summed E-state index contributed by atoms with van der Waals surface area (Å²) in [5.74, 6) is 0. The molecule has 44 valence electrons. The van der Waals surface area contributed by atoms with E-state index in [1.165, 1.54) is 0 Å². The van der Waals surface area contributed by atoms with Gasteiger partial charge in [-0.05, 0) is 14.1 Å². The summed E-state index contributed by atoms with van der Waals surface area (Å²) < 4.78 is 0. The summed E-state index contributed by atoms with van der Waals surface area (Å²) in [5.41, 5.74) is 0. The molecule has 0 unspecified atom stereocenters. The minimum absolute atomic E-state index is 0. The van der Waals surface area contributed by atoms with Crippen LogP contribution in [0.3, 0.4) is 0 Å². The second kappa shape index (κ2) is 9.82. The fraction of sp³-hybridized carbons (Fsp3) is 0.600. The third-order valence-corrected chi connectivity index (χ3v) is 0.447. The van der Waals surface area contributed by atoms with Crippen molar-refractivity contribution in [2.75, 3.05) is 20.6 Å². The van der Waals surface area contributed by atoms with Crippen molar-refractivity contribution in [3.8, 4) is 0 Å². The smallest absolute Gasteiger partial charge is 0.358 e. The predicted molar refractivity (Wildman–Crippen MR) is 30.3 cm³/mol. The van der Waals surface area contributed by atoms with Crippen LogP contribution in [0.25, 0.3) is 0 Å². The van der Waals surface area contributed by atoms with Crippen LogP contribution in [0.2, 0.25) is 0 Å². The zero-order chi connectivity index (χ0) is 4.28. The standard InChI is InChI=1S/C4H10N.CH3.W/c1-4-5(2)3;;/h1,4H2,2-3H3;1H3;/q2*-1;+2. The monoisotopic (exact) mass is 271 g/mol. The van der Waals surface area contributed by atoms with E-state index in [2.05, 4.69) is 6.92 Å². The third-order valence-electron chi connectivity index (χ3n) is 0.447. The van der Waals surface area contributed by atoms with Gasteiger partial charge in [0.15, 0.2) is 0 Å². The summed E-state index contributed by atoms with van der Waals surface area (Å²) in [6.45, 7) is 4.50. The van der Waals surface area contributed by atoms with Crippen molar-refractivity contribution < 1.29 is 21.1 Å². The number of nitrogens with zero attached hydrogens (tertiary/aromatic N) is 1. The molecule has 0 aromatic heterocycles. The van der Waals surface area contributed by atoms with Gasteiger partial charge in [-0.3, -0.25) is 0 Å². The van der Waals surface area contributed by atoms with E-state index in [9.17, 15) is 0 Å². The van der Waals surface area contributed by atoms with Crippen molar-refractivity contribution in [3.05, 3.63) is 14.4 Å². The van der Waals surface area contributed by atoms with Gasteiger partial charge in [0.2, 0.25) is 0 Å². The van der Waals surface area contributed by atoms with Crippen molar-refractivity contribution in [2.45, 2.75) is 0 Å². The first-order valence-corrected chi connectivity index (χ1v) is 1.71. The molecule has 0 N–H and O–H groups in total. The van der Waals surface area contributed by atoms with Crippen LogP contribution in [0.5, 0.6) is 0 Å². The van der Waals surface area contributed by atoms with Gasteiger partial charge in [-0.1, -0.05) is 0 Å². The molecule has 0 heterocycles. The molecule has 0 saturated carbocycles. The summed E-state index contributed by atoms with van der Waals surface area (Å²) >= 11 is 0. The van der Waals surface area contributed by atoms with Gasteiger partial charge in [-0.2, -0.15) is 0 Å². The molecule has 0 atom stereocenters. The Morgan fingerprint density at radius 2 is 1.57 bits per heavy atom.